The number of nitrogens with one attached hydrogen (secondary N) is 2. The smallest absolute Gasteiger partial charge is 0.410 e. The Morgan fingerprint density at radius 2 is 2.38 bits per heavy atom. The molecule has 2 aromatic heterocycles. The summed E-state index contributed by atoms with van der Waals surface area (Å²) in [4.78, 5) is 14.9. The lowest BCUT2D eigenvalue weighted by atomic mass is 9.97. The molecule has 2 N–H and O–H groups in total. The van der Waals surface area contributed by atoms with Crippen molar-refractivity contribution in [3.63, 3.8) is 0 Å². The molecule has 140 valence electrons. The maximum absolute atomic E-state index is 12.0. The first-order valence-electron chi connectivity index (χ1n) is 8.71. The molecule has 26 heavy (non-hydrogen) atoms. The van der Waals surface area contributed by atoms with Crippen molar-refractivity contribution in [3.8, 4) is 0 Å². The number of carbonyl (C=O) groups excluding carboxylic acids is 1. The van der Waals surface area contributed by atoms with Crippen molar-refractivity contribution in [2.45, 2.75) is 31.7 Å². The monoisotopic (exact) mass is 394 g/mol. The van der Waals surface area contributed by atoms with E-state index in [-0.39, 0.29) is 12.7 Å². The molecule has 0 spiro atoms. The fraction of sp³-hybridized carbons (Fsp3) is 0.444. The number of thiophene rings is 1. The normalized spacial score (nSPS) is 17.6. The van der Waals surface area contributed by atoms with Crippen LogP contribution in [0.5, 0.6) is 0 Å². The molecule has 0 aromatic carbocycles. The zero-order chi connectivity index (χ0) is 18.4. The third-order valence-corrected chi connectivity index (χ3v) is 5.64. The topological polar surface area (TPSA) is 70.2 Å². The van der Waals surface area contributed by atoms with Gasteiger partial charge in [-0.15, -0.1) is 11.3 Å². The van der Waals surface area contributed by atoms with E-state index in [1.54, 1.807) is 22.3 Å². The van der Waals surface area contributed by atoms with Crippen LogP contribution in [0.3, 0.4) is 0 Å². The van der Waals surface area contributed by atoms with Crippen LogP contribution < -0.4 is 5.32 Å². The van der Waals surface area contributed by atoms with Crippen LogP contribution in [0, 0.1) is 0 Å². The van der Waals surface area contributed by atoms with E-state index in [0.29, 0.717) is 19.0 Å². The highest BCUT2D eigenvalue weighted by molar-refractivity contribution is 7.16. The summed E-state index contributed by atoms with van der Waals surface area (Å²) in [5, 5.41) is 10.9. The molecule has 0 bridgehead atoms. The van der Waals surface area contributed by atoms with Crippen LogP contribution in [0.2, 0.25) is 4.34 Å². The van der Waals surface area contributed by atoms with E-state index in [2.05, 4.69) is 28.2 Å². The Balaban J connectivity index is 1.52. The first-order valence-corrected chi connectivity index (χ1v) is 9.91. The van der Waals surface area contributed by atoms with Gasteiger partial charge in [0, 0.05) is 30.0 Å². The second-order valence-electron chi connectivity index (χ2n) is 6.25. The Labute approximate surface area is 162 Å². The number of hydrogen-bond acceptors (Lipinski definition) is 5. The zero-order valence-corrected chi connectivity index (χ0v) is 16.1. The second-order valence-corrected chi connectivity index (χ2v) is 8.05. The van der Waals surface area contributed by atoms with Gasteiger partial charge in [-0.1, -0.05) is 24.3 Å². The van der Waals surface area contributed by atoms with E-state index in [0.717, 1.165) is 41.7 Å². The van der Waals surface area contributed by atoms with Crippen molar-refractivity contribution >= 4 is 34.8 Å². The lowest BCUT2D eigenvalue weighted by Gasteiger charge is -2.19. The van der Waals surface area contributed by atoms with E-state index >= 15 is 0 Å². The van der Waals surface area contributed by atoms with Crippen molar-refractivity contribution in [1.82, 2.24) is 15.1 Å². The van der Waals surface area contributed by atoms with Crippen LogP contribution in [0.25, 0.3) is 0 Å². The number of likely N-dealkylation sites (tertiary alicyclic amines) is 1. The minimum Gasteiger partial charge on any atom is -0.445 e. The van der Waals surface area contributed by atoms with Gasteiger partial charge in [0.25, 0.3) is 0 Å². The molecule has 1 atom stereocenters. The first-order chi connectivity index (χ1) is 12.7. The molecule has 3 heterocycles. The molecular weight excluding hydrogens is 372 g/mol. The molecular formula is C18H23ClN4O2S. The van der Waals surface area contributed by atoms with Crippen LogP contribution in [-0.4, -0.2) is 40.9 Å². The molecule has 1 aliphatic heterocycles. The summed E-state index contributed by atoms with van der Waals surface area (Å²) in [5.74, 6) is 1.24. The molecule has 2 aromatic rings. The molecule has 3 rings (SSSR count). The highest BCUT2D eigenvalue weighted by atomic mass is 35.5. The van der Waals surface area contributed by atoms with Crippen molar-refractivity contribution in [2.75, 3.05) is 25.0 Å². The summed E-state index contributed by atoms with van der Waals surface area (Å²) < 4.78 is 5.93. The van der Waals surface area contributed by atoms with Gasteiger partial charge in [-0.25, -0.2) is 4.79 Å². The lowest BCUT2D eigenvalue weighted by molar-refractivity contribution is 0.113. The Morgan fingerprint density at radius 3 is 3.15 bits per heavy atom. The SMILES string of the molecule is C=CCOC(=O)N1CCCC(c2cc(NCc3ccc(Cl)s3)[nH]n2)CC1. The number of hydrogen-bond donors (Lipinski definition) is 2. The van der Waals surface area contributed by atoms with E-state index in [9.17, 15) is 4.79 Å². The molecule has 1 amide bonds. The van der Waals surface area contributed by atoms with Gasteiger partial charge in [0.05, 0.1) is 16.6 Å². The average molecular weight is 395 g/mol. The molecule has 1 fully saturated rings. The van der Waals surface area contributed by atoms with Gasteiger partial charge in [-0.3, -0.25) is 5.10 Å². The third-order valence-electron chi connectivity index (χ3n) is 4.41. The van der Waals surface area contributed by atoms with Crippen LogP contribution in [0.1, 0.15) is 35.8 Å². The Kier molecular flexibility index (Phi) is 6.57. The Hall–Kier alpha value is -1.99. The van der Waals surface area contributed by atoms with Crippen LogP contribution in [0.4, 0.5) is 10.6 Å². The molecule has 0 aliphatic carbocycles. The molecule has 6 nitrogen and oxygen atoms in total. The van der Waals surface area contributed by atoms with Crippen molar-refractivity contribution in [1.29, 1.82) is 0 Å². The number of rotatable bonds is 6. The van der Waals surface area contributed by atoms with Crippen LogP contribution in [-0.2, 0) is 11.3 Å². The summed E-state index contributed by atoms with van der Waals surface area (Å²) in [6.45, 7) is 5.94. The first kappa shape index (κ1) is 18.8. The standard InChI is InChI=1S/C18H23ClN4O2S/c1-2-10-25-18(24)23-8-3-4-13(7-9-23)15-11-17(22-21-15)20-12-14-5-6-16(19)26-14/h2,5-6,11,13H,1,3-4,7-10,12H2,(H2,20,21,22). The van der Waals surface area contributed by atoms with Gasteiger partial charge in [-0.2, -0.15) is 5.10 Å². The predicted molar refractivity (Wildman–Crippen MR) is 105 cm³/mol. The number of halogens is 1. The zero-order valence-electron chi connectivity index (χ0n) is 14.5. The fourth-order valence-electron chi connectivity index (χ4n) is 3.06. The number of nitrogens with zero attached hydrogens (tertiary/aromatic N) is 2. The highest BCUT2D eigenvalue weighted by Crippen LogP contribution is 2.28. The number of H-pyrrole nitrogens is 1. The molecule has 8 heteroatoms. The summed E-state index contributed by atoms with van der Waals surface area (Å²) in [6, 6.07) is 5.98. The maximum atomic E-state index is 12.0. The highest BCUT2D eigenvalue weighted by Gasteiger charge is 2.23. The van der Waals surface area contributed by atoms with Crippen LogP contribution >= 0.6 is 22.9 Å². The van der Waals surface area contributed by atoms with E-state index in [4.69, 9.17) is 16.3 Å². The van der Waals surface area contributed by atoms with Crippen molar-refractivity contribution in [2.24, 2.45) is 0 Å². The summed E-state index contributed by atoms with van der Waals surface area (Å²) >= 11 is 7.52. The molecule has 1 unspecified atom stereocenters. The molecule has 0 radical (unpaired) electrons. The van der Waals surface area contributed by atoms with Gasteiger partial charge in [0.15, 0.2) is 0 Å². The van der Waals surface area contributed by atoms with E-state index in [1.165, 1.54) is 4.88 Å². The van der Waals surface area contributed by atoms with Gasteiger partial charge in [-0.05, 0) is 31.4 Å². The van der Waals surface area contributed by atoms with E-state index < -0.39 is 0 Å². The quantitative estimate of drug-likeness (QED) is 0.701. The number of aromatic amines is 1. The summed E-state index contributed by atoms with van der Waals surface area (Å²) in [5.41, 5.74) is 1.04. The number of aromatic nitrogens is 2. The second kappa shape index (κ2) is 9.09. The number of amides is 1. The summed E-state index contributed by atoms with van der Waals surface area (Å²) in [6.07, 6.45) is 4.16. The Bertz CT molecular complexity index is 745. The van der Waals surface area contributed by atoms with Crippen molar-refractivity contribution < 1.29 is 9.53 Å². The minimum absolute atomic E-state index is 0.253. The van der Waals surface area contributed by atoms with Gasteiger partial charge in [0.1, 0.15) is 12.4 Å². The maximum Gasteiger partial charge on any atom is 0.410 e. The van der Waals surface area contributed by atoms with Gasteiger partial charge in [0.2, 0.25) is 0 Å². The number of ether oxygens (including phenoxy) is 1. The summed E-state index contributed by atoms with van der Waals surface area (Å²) in [7, 11) is 0. The van der Waals surface area contributed by atoms with Crippen LogP contribution in [0.15, 0.2) is 30.9 Å². The third kappa shape index (κ3) is 5.02. The minimum atomic E-state index is -0.260. The Morgan fingerprint density at radius 1 is 1.50 bits per heavy atom. The van der Waals surface area contributed by atoms with Gasteiger partial charge >= 0.3 is 6.09 Å². The average Bonchev–Trinajstić information content (AvgIpc) is 3.20. The van der Waals surface area contributed by atoms with E-state index in [1.807, 2.05) is 12.1 Å². The number of carbonyl (C=O) groups is 1. The predicted octanol–water partition coefficient (Wildman–Crippen LogP) is 4.63. The molecule has 1 saturated heterocycles. The van der Waals surface area contributed by atoms with Crippen molar-refractivity contribution in [3.05, 3.63) is 45.8 Å². The molecule has 0 saturated carbocycles. The molecule has 1 aliphatic rings. The van der Waals surface area contributed by atoms with Gasteiger partial charge < -0.3 is 15.0 Å². The largest absolute Gasteiger partial charge is 0.445 e. The number of anilines is 1. The lowest BCUT2D eigenvalue weighted by Crippen LogP contribution is -2.32. The fourth-order valence-corrected chi connectivity index (χ4v) is 4.09.